The van der Waals surface area contributed by atoms with Crippen LogP contribution in [0.2, 0.25) is 0 Å². The van der Waals surface area contributed by atoms with Gasteiger partial charge in [-0.3, -0.25) is 9.78 Å². The summed E-state index contributed by atoms with van der Waals surface area (Å²) >= 11 is 0. The molecule has 4 heteroatoms. The monoisotopic (exact) mass is 218 g/mol. The number of nitrogens with zero attached hydrogens (tertiary/aromatic N) is 2. The zero-order valence-corrected chi connectivity index (χ0v) is 9.00. The summed E-state index contributed by atoms with van der Waals surface area (Å²) in [6.07, 6.45) is 5.94. The minimum atomic E-state index is -0.0281. The van der Waals surface area contributed by atoms with E-state index in [-0.39, 0.29) is 11.8 Å². The van der Waals surface area contributed by atoms with Gasteiger partial charge in [0.05, 0.1) is 5.56 Å². The molecule has 0 N–H and O–H groups in total. The fourth-order valence-electron chi connectivity index (χ4n) is 1.98. The summed E-state index contributed by atoms with van der Waals surface area (Å²) in [6, 6.07) is 3.49. The van der Waals surface area contributed by atoms with Gasteiger partial charge in [-0.1, -0.05) is 0 Å². The molecule has 1 aliphatic heterocycles. The normalized spacial score (nSPS) is 20.5. The Hall–Kier alpha value is -1.71. The number of likely N-dealkylation sites (tertiary alicyclic amines) is 1. The van der Waals surface area contributed by atoms with Crippen LogP contribution in [0, 0.1) is 5.92 Å². The van der Waals surface area contributed by atoms with Crippen LogP contribution in [0.1, 0.15) is 23.2 Å². The van der Waals surface area contributed by atoms with E-state index in [1.54, 1.807) is 29.4 Å². The van der Waals surface area contributed by atoms with E-state index in [9.17, 15) is 9.59 Å². The topological polar surface area (TPSA) is 50.3 Å². The predicted molar refractivity (Wildman–Crippen MR) is 58.9 cm³/mol. The lowest BCUT2D eigenvalue weighted by molar-refractivity contribution is -0.112. The Morgan fingerprint density at radius 2 is 2.44 bits per heavy atom. The number of carbonyl (C=O) groups is 2. The smallest absolute Gasteiger partial charge is 0.255 e. The summed E-state index contributed by atoms with van der Waals surface area (Å²) in [4.78, 5) is 28.4. The third-order valence-corrected chi connectivity index (χ3v) is 2.85. The number of hydrogen-bond acceptors (Lipinski definition) is 3. The van der Waals surface area contributed by atoms with Gasteiger partial charge < -0.3 is 9.69 Å². The third-order valence-electron chi connectivity index (χ3n) is 2.85. The number of hydrogen-bond donors (Lipinski definition) is 0. The minimum Gasteiger partial charge on any atom is -0.338 e. The molecule has 0 bridgehead atoms. The second kappa shape index (κ2) is 4.88. The molecule has 1 unspecified atom stereocenters. The van der Waals surface area contributed by atoms with Crippen LogP contribution in [0.15, 0.2) is 24.5 Å². The van der Waals surface area contributed by atoms with Gasteiger partial charge in [0.2, 0.25) is 0 Å². The highest BCUT2D eigenvalue weighted by Crippen LogP contribution is 2.16. The standard InChI is InChI=1S/C12H14N2O2/c15-9-10-3-2-6-14(8-10)12(16)11-4-1-5-13-7-11/h1,4-5,7,9-10H,2-3,6,8H2. The van der Waals surface area contributed by atoms with E-state index in [0.717, 1.165) is 25.7 Å². The second-order valence-corrected chi connectivity index (χ2v) is 4.03. The summed E-state index contributed by atoms with van der Waals surface area (Å²) < 4.78 is 0. The Balaban J connectivity index is 2.07. The van der Waals surface area contributed by atoms with Crippen LogP contribution in [0.5, 0.6) is 0 Å². The molecule has 4 nitrogen and oxygen atoms in total. The molecule has 16 heavy (non-hydrogen) atoms. The lowest BCUT2D eigenvalue weighted by Crippen LogP contribution is -2.40. The van der Waals surface area contributed by atoms with Crippen LogP contribution in [0.4, 0.5) is 0 Å². The first kappa shape index (κ1) is 10.8. The van der Waals surface area contributed by atoms with E-state index >= 15 is 0 Å². The van der Waals surface area contributed by atoms with Gasteiger partial charge in [-0.15, -0.1) is 0 Å². The number of amides is 1. The summed E-state index contributed by atoms with van der Waals surface area (Å²) in [5.41, 5.74) is 0.592. The fourth-order valence-corrected chi connectivity index (χ4v) is 1.98. The quantitative estimate of drug-likeness (QED) is 0.699. The first-order valence-corrected chi connectivity index (χ1v) is 5.46. The van der Waals surface area contributed by atoms with Crippen LogP contribution < -0.4 is 0 Å². The van der Waals surface area contributed by atoms with Crippen LogP contribution in [0.25, 0.3) is 0 Å². The molecule has 84 valence electrons. The van der Waals surface area contributed by atoms with Crippen LogP contribution in [-0.2, 0) is 4.79 Å². The highest BCUT2D eigenvalue weighted by molar-refractivity contribution is 5.94. The summed E-state index contributed by atoms with van der Waals surface area (Å²) in [5.74, 6) is -0.0333. The Morgan fingerprint density at radius 1 is 1.56 bits per heavy atom. The highest BCUT2D eigenvalue weighted by Gasteiger charge is 2.23. The van der Waals surface area contributed by atoms with E-state index in [2.05, 4.69) is 4.98 Å². The van der Waals surface area contributed by atoms with Crippen molar-refractivity contribution in [1.29, 1.82) is 0 Å². The third kappa shape index (κ3) is 2.27. The number of aromatic nitrogens is 1. The molecule has 1 amide bonds. The molecule has 0 aromatic carbocycles. The van der Waals surface area contributed by atoms with Gasteiger partial charge in [0.15, 0.2) is 0 Å². The Labute approximate surface area is 94.3 Å². The molecule has 1 aromatic heterocycles. The molecule has 0 saturated carbocycles. The van der Waals surface area contributed by atoms with Gasteiger partial charge in [-0.2, -0.15) is 0 Å². The lowest BCUT2D eigenvalue weighted by Gasteiger charge is -2.30. The summed E-state index contributed by atoms with van der Waals surface area (Å²) in [6.45, 7) is 1.27. The zero-order chi connectivity index (χ0) is 11.4. The number of pyridine rings is 1. The van der Waals surface area contributed by atoms with E-state index < -0.39 is 0 Å². The molecule has 1 aromatic rings. The lowest BCUT2D eigenvalue weighted by atomic mass is 9.99. The number of aldehydes is 1. The Kier molecular flexibility index (Phi) is 3.29. The molecule has 1 fully saturated rings. The molecule has 1 saturated heterocycles. The fraction of sp³-hybridized carbons (Fsp3) is 0.417. The number of rotatable bonds is 2. The van der Waals surface area contributed by atoms with Gasteiger partial charge >= 0.3 is 0 Å². The molecule has 0 spiro atoms. The summed E-state index contributed by atoms with van der Waals surface area (Å²) in [5, 5.41) is 0. The van der Waals surface area contributed by atoms with Crippen molar-refractivity contribution in [1.82, 2.24) is 9.88 Å². The van der Waals surface area contributed by atoms with Crippen LogP contribution >= 0.6 is 0 Å². The molecule has 2 heterocycles. The maximum Gasteiger partial charge on any atom is 0.255 e. The van der Waals surface area contributed by atoms with E-state index in [4.69, 9.17) is 0 Å². The molecular weight excluding hydrogens is 204 g/mol. The second-order valence-electron chi connectivity index (χ2n) is 4.03. The molecule has 1 aliphatic rings. The van der Waals surface area contributed by atoms with Gasteiger partial charge in [-0.05, 0) is 25.0 Å². The molecule has 0 radical (unpaired) electrons. The van der Waals surface area contributed by atoms with Crippen LogP contribution in [-0.4, -0.2) is 35.2 Å². The number of carbonyl (C=O) groups excluding carboxylic acids is 2. The van der Waals surface area contributed by atoms with Crippen molar-refractivity contribution in [2.75, 3.05) is 13.1 Å². The average molecular weight is 218 g/mol. The highest BCUT2D eigenvalue weighted by atomic mass is 16.2. The van der Waals surface area contributed by atoms with Crippen molar-refractivity contribution in [3.05, 3.63) is 30.1 Å². The van der Waals surface area contributed by atoms with E-state index in [1.807, 2.05) is 0 Å². The Bertz CT molecular complexity index is 378. The van der Waals surface area contributed by atoms with Gasteiger partial charge in [0, 0.05) is 31.4 Å². The van der Waals surface area contributed by atoms with E-state index in [1.165, 1.54) is 0 Å². The van der Waals surface area contributed by atoms with Gasteiger partial charge in [0.25, 0.3) is 5.91 Å². The van der Waals surface area contributed by atoms with Crippen molar-refractivity contribution in [3.63, 3.8) is 0 Å². The average Bonchev–Trinajstić information content (AvgIpc) is 2.39. The zero-order valence-electron chi connectivity index (χ0n) is 9.00. The number of piperidine rings is 1. The summed E-state index contributed by atoms with van der Waals surface area (Å²) in [7, 11) is 0. The van der Waals surface area contributed by atoms with Crippen molar-refractivity contribution < 1.29 is 9.59 Å². The van der Waals surface area contributed by atoms with Crippen molar-refractivity contribution in [2.45, 2.75) is 12.8 Å². The Morgan fingerprint density at radius 3 is 3.12 bits per heavy atom. The van der Waals surface area contributed by atoms with Crippen molar-refractivity contribution in [2.24, 2.45) is 5.92 Å². The molecule has 2 rings (SSSR count). The predicted octanol–water partition coefficient (Wildman–Crippen LogP) is 1.13. The first-order chi connectivity index (χ1) is 7.81. The van der Waals surface area contributed by atoms with Crippen molar-refractivity contribution >= 4 is 12.2 Å². The molecular formula is C12H14N2O2. The largest absolute Gasteiger partial charge is 0.338 e. The van der Waals surface area contributed by atoms with Gasteiger partial charge in [0.1, 0.15) is 6.29 Å². The molecule has 0 aliphatic carbocycles. The SMILES string of the molecule is O=CC1CCCN(C(=O)c2cccnc2)C1. The minimum absolute atomic E-state index is 0.00521. The van der Waals surface area contributed by atoms with Crippen molar-refractivity contribution in [3.8, 4) is 0 Å². The van der Waals surface area contributed by atoms with Crippen LogP contribution in [0.3, 0.4) is 0 Å². The van der Waals surface area contributed by atoms with Gasteiger partial charge in [-0.25, -0.2) is 0 Å². The van der Waals surface area contributed by atoms with E-state index in [0.29, 0.717) is 12.1 Å². The first-order valence-electron chi connectivity index (χ1n) is 5.46. The maximum absolute atomic E-state index is 12.0. The maximum atomic E-state index is 12.0. The molecule has 1 atom stereocenters.